The van der Waals surface area contributed by atoms with E-state index in [1.807, 2.05) is 103 Å². The number of aromatic amines is 1. The third kappa shape index (κ3) is 7.30. The number of rotatable bonds is 9. The maximum absolute atomic E-state index is 13.4. The molecular formula is C40H38IN5O4. The van der Waals surface area contributed by atoms with Crippen LogP contribution in [0.25, 0.3) is 22.2 Å². The van der Waals surface area contributed by atoms with Gasteiger partial charge in [0.15, 0.2) is 0 Å². The number of aromatic nitrogens is 1. The first-order valence-corrected chi connectivity index (χ1v) is 18.1. The van der Waals surface area contributed by atoms with Gasteiger partial charge in [0.25, 0.3) is 0 Å². The third-order valence-corrected chi connectivity index (χ3v) is 10.7. The van der Waals surface area contributed by atoms with Crippen molar-refractivity contribution in [1.82, 2.24) is 14.8 Å². The summed E-state index contributed by atoms with van der Waals surface area (Å²) < 4.78 is 1.00. The number of carbonyl (C=O) groups is 4. The fraction of sp³-hybridized carbons (Fsp3) is 0.250. The lowest BCUT2D eigenvalue weighted by atomic mass is 10.1. The van der Waals surface area contributed by atoms with E-state index in [1.165, 1.54) is 0 Å². The van der Waals surface area contributed by atoms with Crippen molar-refractivity contribution >= 4 is 68.5 Å². The number of anilines is 2. The minimum atomic E-state index is -0.492. The van der Waals surface area contributed by atoms with E-state index >= 15 is 0 Å². The molecule has 4 aromatic carbocycles. The summed E-state index contributed by atoms with van der Waals surface area (Å²) in [5, 5.41) is 7.04. The smallest absolute Gasteiger partial charge is 0.247 e. The molecule has 2 saturated heterocycles. The molecule has 9 nitrogen and oxygen atoms in total. The minimum Gasteiger partial charge on any atom is -0.354 e. The molecule has 2 aliphatic rings. The van der Waals surface area contributed by atoms with Gasteiger partial charge in [-0.3, -0.25) is 19.2 Å². The van der Waals surface area contributed by atoms with Crippen molar-refractivity contribution in [2.45, 2.75) is 50.6 Å². The maximum Gasteiger partial charge on any atom is 0.247 e. The predicted octanol–water partition coefficient (Wildman–Crippen LogP) is 6.78. The van der Waals surface area contributed by atoms with E-state index in [4.69, 9.17) is 0 Å². The average molecular weight is 780 g/mol. The molecule has 0 aliphatic carbocycles. The molecule has 10 heteroatoms. The van der Waals surface area contributed by atoms with Crippen LogP contribution in [0.2, 0.25) is 0 Å². The molecule has 0 unspecified atom stereocenters. The molecule has 2 atom stereocenters. The molecular weight excluding hydrogens is 741 g/mol. The van der Waals surface area contributed by atoms with Crippen LogP contribution in [-0.2, 0) is 32.0 Å². The second-order valence-electron chi connectivity index (χ2n) is 12.9. The Morgan fingerprint density at radius 3 is 1.70 bits per heavy atom. The van der Waals surface area contributed by atoms with Crippen molar-refractivity contribution < 1.29 is 19.2 Å². The number of carbonyl (C=O) groups excluding carboxylic acids is 4. The van der Waals surface area contributed by atoms with Crippen LogP contribution in [0.5, 0.6) is 0 Å². The number of hydrogen-bond donors (Lipinski definition) is 3. The first-order chi connectivity index (χ1) is 24.3. The van der Waals surface area contributed by atoms with Gasteiger partial charge in [-0.25, -0.2) is 0 Å². The van der Waals surface area contributed by atoms with Gasteiger partial charge in [0.05, 0.1) is 18.5 Å². The van der Waals surface area contributed by atoms with Crippen LogP contribution in [0, 0.1) is 3.57 Å². The highest BCUT2D eigenvalue weighted by molar-refractivity contribution is 14.1. The molecule has 2 aliphatic heterocycles. The molecule has 4 amide bonds. The maximum atomic E-state index is 13.4. The summed E-state index contributed by atoms with van der Waals surface area (Å²) in [5.41, 5.74) is 6.04. The lowest BCUT2D eigenvalue weighted by molar-refractivity contribution is -0.136. The highest BCUT2D eigenvalue weighted by atomic mass is 127. The van der Waals surface area contributed by atoms with Crippen molar-refractivity contribution in [2.24, 2.45) is 0 Å². The van der Waals surface area contributed by atoms with Crippen LogP contribution in [-0.4, -0.2) is 63.6 Å². The fourth-order valence-corrected chi connectivity index (χ4v) is 7.92. The largest absolute Gasteiger partial charge is 0.354 e. The van der Waals surface area contributed by atoms with Gasteiger partial charge in [-0.05, 0) is 95.3 Å². The zero-order chi connectivity index (χ0) is 34.6. The molecule has 1 aromatic heterocycles. The predicted molar refractivity (Wildman–Crippen MR) is 203 cm³/mol. The Labute approximate surface area is 304 Å². The Hall–Kier alpha value is -4.97. The summed E-state index contributed by atoms with van der Waals surface area (Å²) in [5.74, 6) is -0.412. The quantitative estimate of drug-likeness (QED) is 0.143. The fourth-order valence-electron chi connectivity index (χ4n) is 7.03. The standard InChI is InChI=1S/C40H38IN5O4/c41-37-31-25-30(43-40(50)34-14-8-22-46(34)36(48)24-27-11-5-2-6-12-27)19-20-32(31)44-38(37)28-15-17-29(18-16-28)42-39(49)33-13-7-21-45(33)35(47)23-26-9-3-1-4-10-26/h1-6,9-12,15-20,25,33-34,44H,7-8,13-14,21-24H2,(H,42,49)(H,43,50)/t33-,34-/m0/s1. The number of fused-ring (bicyclic) bond motifs is 1. The lowest BCUT2D eigenvalue weighted by Crippen LogP contribution is -2.43. The summed E-state index contributed by atoms with van der Waals surface area (Å²) in [7, 11) is 0. The normalized spacial score (nSPS) is 17.2. The molecule has 0 saturated carbocycles. The van der Waals surface area contributed by atoms with Crippen molar-refractivity contribution in [3.05, 3.63) is 118 Å². The van der Waals surface area contributed by atoms with Gasteiger partial charge in [-0.2, -0.15) is 0 Å². The van der Waals surface area contributed by atoms with Crippen LogP contribution < -0.4 is 10.6 Å². The number of amides is 4. The van der Waals surface area contributed by atoms with E-state index < -0.39 is 12.1 Å². The van der Waals surface area contributed by atoms with Gasteiger partial charge in [-0.1, -0.05) is 72.8 Å². The number of halogens is 1. The number of benzene rings is 4. The SMILES string of the molecule is O=C(Nc1ccc(-c2[nH]c3ccc(NC(=O)[C@@H]4CCCN4C(=O)Cc4ccccc4)cc3c2I)cc1)[C@@H]1CCCN1C(=O)Cc1ccccc1. The van der Waals surface area contributed by atoms with E-state index in [0.717, 1.165) is 49.7 Å². The Morgan fingerprint density at radius 1 is 0.660 bits per heavy atom. The van der Waals surface area contributed by atoms with Gasteiger partial charge in [0.2, 0.25) is 23.6 Å². The molecule has 0 spiro atoms. The average Bonchev–Trinajstić information content (AvgIpc) is 3.89. The second-order valence-corrected chi connectivity index (χ2v) is 14.0. The number of nitrogens with one attached hydrogen (secondary N) is 3. The number of H-pyrrole nitrogens is 1. The van der Waals surface area contributed by atoms with Crippen molar-refractivity contribution in [3.63, 3.8) is 0 Å². The molecule has 254 valence electrons. The molecule has 0 radical (unpaired) electrons. The molecule has 3 heterocycles. The van der Waals surface area contributed by atoms with Crippen LogP contribution in [0.15, 0.2) is 103 Å². The zero-order valence-corrected chi connectivity index (χ0v) is 29.7. The molecule has 0 bridgehead atoms. The topological polar surface area (TPSA) is 115 Å². The van der Waals surface area contributed by atoms with E-state index in [1.54, 1.807) is 9.80 Å². The van der Waals surface area contributed by atoms with Crippen LogP contribution >= 0.6 is 22.6 Å². The molecule has 5 aromatic rings. The van der Waals surface area contributed by atoms with Gasteiger partial charge >= 0.3 is 0 Å². The summed E-state index contributed by atoms with van der Waals surface area (Å²) in [6, 6.07) is 31.7. The monoisotopic (exact) mass is 779 g/mol. The summed E-state index contributed by atoms with van der Waals surface area (Å²) in [4.78, 5) is 59.7. The van der Waals surface area contributed by atoms with Crippen molar-refractivity contribution in [1.29, 1.82) is 0 Å². The van der Waals surface area contributed by atoms with Crippen molar-refractivity contribution in [2.75, 3.05) is 23.7 Å². The third-order valence-electron chi connectivity index (χ3n) is 9.59. The first-order valence-electron chi connectivity index (χ1n) is 17.0. The van der Waals surface area contributed by atoms with Crippen LogP contribution in [0.1, 0.15) is 36.8 Å². The Balaban J connectivity index is 0.991. The summed E-state index contributed by atoms with van der Waals surface area (Å²) in [6.07, 6.45) is 3.45. The van der Waals surface area contributed by atoms with Gasteiger partial charge in [0.1, 0.15) is 12.1 Å². The number of likely N-dealkylation sites (tertiary alicyclic amines) is 2. The molecule has 50 heavy (non-hydrogen) atoms. The van der Waals surface area contributed by atoms with E-state index in [-0.39, 0.29) is 36.5 Å². The van der Waals surface area contributed by atoms with Crippen molar-refractivity contribution in [3.8, 4) is 11.3 Å². The highest BCUT2D eigenvalue weighted by Crippen LogP contribution is 2.34. The second kappa shape index (κ2) is 14.9. The minimum absolute atomic E-state index is 0.0326. The lowest BCUT2D eigenvalue weighted by Gasteiger charge is -2.24. The Bertz CT molecular complexity index is 2030. The van der Waals surface area contributed by atoms with Gasteiger partial charge in [0, 0.05) is 38.9 Å². The van der Waals surface area contributed by atoms with Gasteiger partial charge in [-0.15, -0.1) is 0 Å². The number of hydrogen-bond acceptors (Lipinski definition) is 4. The van der Waals surface area contributed by atoms with E-state index in [2.05, 4.69) is 38.2 Å². The molecule has 7 rings (SSSR count). The zero-order valence-electron chi connectivity index (χ0n) is 27.5. The van der Waals surface area contributed by atoms with Crippen LogP contribution in [0.3, 0.4) is 0 Å². The highest BCUT2D eigenvalue weighted by Gasteiger charge is 2.35. The molecule has 2 fully saturated rings. The van der Waals surface area contributed by atoms with Gasteiger partial charge < -0.3 is 25.4 Å². The number of nitrogens with zero attached hydrogens (tertiary/aromatic N) is 2. The summed E-state index contributed by atoms with van der Waals surface area (Å²) in [6.45, 7) is 1.16. The Morgan fingerprint density at radius 2 is 1.16 bits per heavy atom. The van der Waals surface area contributed by atoms with E-state index in [0.29, 0.717) is 37.3 Å². The first kappa shape index (κ1) is 33.5. The summed E-state index contributed by atoms with van der Waals surface area (Å²) >= 11 is 2.31. The van der Waals surface area contributed by atoms with Crippen LogP contribution in [0.4, 0.5) is 11.4 Å². The Kier molecular flexibility index (Phi) is 9.97. The molecule has 3 N–H and O–H groups in total. The van der Waals surface area contributed by atoms with E-state index in [9.17, 15) is 19.2 Å².